The number of ether oxygens (including phenoxy) is 1. The van der Waals surface area contributed by atoms with Crippen LogP contribution in [-0.2, 0) is 4.79 Å². The van der Waals surface area contributed by atoms with Crippen molar-refractivity contribution in [2.24, 2.45) is 0 Å². The molecule has 3 aromatic rings. The van der Waals surface area contributed by atoms with Gasteiger partial charge in [0.2, 0.25) is 0 Å². The normalized spacial score (nSPS) is 15.0. The number of nitro benzene ring substituents is 1. The first-order valence-corrected chi connectivity index (χ1v) is 10.1. The average Bonchev–Trinajstić information content (AvgIpc) is 3.34. The van der Waals surface area contributed by atoms with E-state index < -0.39 is 16.1 Å². The van der Waals surface area contributed by atoms with E-state index in [1.807, 2.05) is 6.92 Å². The van der Waals surface area contributed by atoms with Crippen molar-refractivity contribution in [3.8, 4) is 17.1 Å². The second kappa shape index (κ2) is 8.49. The van der Waals surface area contributed by atoms with E-state index in [-0.39, 0.29) is 10.6 Å². The molecule has 0 saturated carbocycles. The van der Waals surface area contributed by atoms with Crippen LogP contribution in [0.4, 0.5) is 16.2 Å². The summed E-state index contributed by atoms with van der Waals surface area (Å²) in [4.78, 5) is 37.0. The molecule has 1 saturated heterocycles. The molecule has 2 aromatic carbocycles. The van der Waals surface area contributed by atoms with Crippen LogP contribution in [0, 0.1) is 10.1 Å². The Morgan fingerprint density at radius 2 is 1.90 bits per heavy atom. The molecule has 1 aromatic heterocycles. The third kappa shape index (κ3) is 4.22. The maximum absolute atomic E-state index is 12.8. The first kappa shape index (κ1) is 20.4. The van der Waals surface area contributed by atoms with Crippen LogP contribution in [0.25, 0.3) is 17.4 Å². The fourth-order valence-electron chi connectivity index (χ4n) is 3.04. The standard InChI is InChI=1S/C22H16N2O6S/c1-2-29-17-8-6-15(7-9-17)23-21(25)20(31-22(23)26)13-18-10-11-19(30-18)14-4-3-5-16(12-14)24(27)28/h3-13H,2H2,1H3/b20-13+. The molecule has 0 N–H and O–H groups in total. The highest BCUT2D eigenvalue weighted by atomic mass is 32.2. The van der Waals surface area contributed by atoms with Crippen LogP contribution in [0.1, 0.15) is 12.7 Å². The number of carbonyl (C=O) groups excluding carboxylic acids is 2. The number of carbonyl (C=O) groups is 2. The Balaban J connectivity index is 1.56. The molecule has 2 amide bonds. The van der Waals surface area contributed by atoms with E-state index in [1.54, 1.807) is 48.5 Å². The van der Waals surface area contributed by atoms with Gasteiger partial charge in [0.05, 0.1) is 22.1 Å². The molecular formula is C22H16N2O6S. The van der Waals surface area contributed by atoms with Gasteiger partial charge in [-0.25, -0.2) is 4.90 Å². The Bertz CT molecular complexity index is 1200. The Morgan fingerprint density at radius 3 is 2.61 bits per heavy atom. The molecular weight excluding hydrogens is 420 g/mol. The minimum Gasteiger partial charge on any atom is -0.494 e. The van der Waals surface area contributed by atoms with E-state index >= 15 is 0 Å². The van der Waals surface area contributed by atoms with E-state index in [9.17, 15) is 19.7 Å². The van der Waals surface area contributed by atoms with Gasteiger partial charge in [0.1, 0.15) is 17.3 Å². The number of benzene rings is 2. The number of anilines is 1. The van der Waals surface area contributed by atoms with Gasteiger partial charge in [-0.2, -0.15) is 0 Å². The average molecular weight is 436 g/mol. The van der Waals surface area contributed by atoms with Gasteiger partial charge >= 0.3 is 0 Å². The van der Waals surface area contributed by atoms with Crippen LogP contribution in [-0.4, -0.2) is 22.7 Å². The highest BCUT2D eigenvalue weighted by Crippen LogP contribution is 2.37. The van der Waals surface area contributed by atoms with Gasteiger partial charge < -0.3 is 9.15 Å². The van der Waals surface area contributed by atoms with Crippen molar-refractivity contribution >= 4 is 40.4 Å². The number of imide groups is 1. The maximum atomic E-state index is 12.8. The van der Waals surface area contributed by atoms with Gasteiger partial charge in [0.25, 0.3) is 16.8 Å². The third-order valence-electron chi connectivity index (χ3n) is 4.44. The predicted octanol–water partition coefficient (Wildman–Crippen LogP) is 5.49. The lowest BCUT2D eigenvalue weighted by molar-refractivity contribution is -0.384. The predicted molar refractivity (Wildman–Crippen MR) is 117 cm³/mol. The monoisotopic (exact) mass is 436 g/mol. The summed E-state index contributed by atoms with van der Waals surface area (Å²) in [7, 11) is 0. The van der Waals surface area contributed by atoms with Crippen LogP contribution in [0.3, 0.4) is 0 Å². The Kier molecular flexibility index (Phi) is 5.59. The molecule has 31 heavy (non-hydrogen) atoms. The summed E-state index contributed by atoms with van der Waals surface area (Å²) in [6.07, 6.45) is 1.49. The van der Waals surface area contributed by atoms with Crippen LogP contribution in [0.15, 0.2) is 70.0 Å². The van der Waals surface area contributed by atoms with Gasteiger partial charge in [0.15, 0.2) is 0 Å². The molecule has 0 unspecified atom stereocenters. The van der Waals surface area contributed by atoms with Gasteiger partial charge in [-0.05, 0) is 55.1 Å². The Morgan fingerprint density at radius 1 is 1.13 bits per heavy atom. The first-order valence-electron chi connectivity index (χ1n) is 9.31. The van der Waals surface area contributed by atoms with Crippen molar-refractivity contribution in [3.63, 3.8) is 0 Å². The lowest BCUT2D eigenvalue weighted by Gasteiger charge is -2.13. The van der Waals surface area contributed by atoms with E-state index in [1.165, 1.54) is 18.2 Å². The number of hydrogen-bond donors (Lipinski definition) is 0. The minimum absolute atomic E-state index is 0.0491. The van der Waals surface area contributed by atoms with Gasteiger partial charge in [-0.1, -0.05) is 12.1 Å². The summed E-state index contributed by atoms with van der Waals surface area (Å²) < 4.78 is 11.1. The van der Waals surface area contributed by atoms with Gasteiger partial charge in [0, 0.05) is 23.8 Å². The molecule has 1 aliphatic rings. The summed E-state index contributed by atoms with van der Waals surface area (Å²) in [6.45, 7) is 2.39. The Hall–Kier alpha value is -3.85. The highest BCUT2D eigenvalue weighted by Gasteiger charge is 2.36. The second-order valence-electron chi connectivity index (χ2n) is 6.45. The molecule has 2 heterocycles. The SMILES string of the molecule is CCOc1ccc(N2C(=O)S/C(=C/c3ccc(-c4cccc([N+](=O)[O-])c4)o3)C2=O)cc1. The number of amides is 2. The fraction of sp³-hybridized carbons (Fsp3) is 0.0909. The molecule has 0 spiro atoms. The number of thioether (sulfide) groups is 1. The molecule has 156 valence electrons. The van der Waals surface area contributed by atoms with E-state index in [2.05, 4.69) is 0 Å². The van der Waals surface area contributed by atoms with E-state index in [0.717, 1.165) is 16.7 Å². The topological polar surface area (TPSA) is 103 Å². The number of non-ortho nitro benzene ring substituents is 1. The Labute approximate surface area is 181 Å². The summed E-state index contributed by atoms with van der Waals surface area (Å²) in [5, 5.41) is 10.6. The van der Waals surface area contributed by atoms with Crippen LogP contribution >= 0.6 is 11.8 Å². The van der Waals surface area contributed by atoms with Crippen molar-refractivity contribution in [1.29, 1.82) is 0 Å². The summed E-state index contributed by atoms with van der Waals surface area (Å²) in [5.41, 5.74) is 0.939. The van der Waals surface area contributed by atoms with E-state index in [4.69, 9.17) is 9.15 Å². The molecule has 0 atom stereocenters. The third-order valence-corrected chi connectivity index (χ3v) is 5.31. The number of nitro groups is 1. The lowest BCUT2D eigenvalue weighted by Crippen LogP contribution is -2.27. The van der Waals surface area contributed by atoms with Crippen LogP contribution in [0.5, 0.6) is 5.75 Å². The smallest absolute Gasteiger partial charge is 0.298 e. The van der Waals surface area contributed by atoms with Crippen molar-refractivity contribution in [2.45, 2.75) is 6.92 Å². The van der Waals surface area contributed by atoms with Gasteiger partial charge in [-0.3, -0.25) is 19.7 Å². The number of furan rings is 1. The quantitative estimate of drug-likeness (QED) is 0.286. The summed E-state index contributed by atoms with van der Waals surface area (Å²) in [5.74, 6) is 0.977. The number of rotatable bonds is 6. The maximum Gasteiger partial charge on any atom is 0.298 e. The van der Waals surface area contributed by atoms with Crippen LogP contribution in [0.2, 0.25) is 0 Å². The van der Waals surface area contributed by atoms with Crippen molar-refractivity contribution in [2.75, 3.05) is 11.5 Å². The first-order chi connectivity index (χ1) is 15.0. The zero-order valence-corrected chi connectivity index (χ0v) is 17.1. The molecule has 0 bridgehead atoms. The van der Waals surface area contributed by atoms with E-state index in [0.29, 0.717) is 35.1 Å². The molecule has 8 nitrogen and oxygen atoms in total. The van der Waals surface area contributed by atoms with Crippen molar-refractivity contribution < 1.29 is 23.7 Å². The highest BCUT2D eigenvalue weighted by molar-refractivity contribution is 8.19. The van der Waals surface area contributed by atoms with Crippen molar-refractivity contribution in [3.05, 3.63) is 81.4 Å². The zero-order valence-electron chi connectivity index (χ0n) is 16.3. The fourth-order valence-corrected chi connectivity index (χ4v) is 3.86. The van der Waals surface area contributed by atoms with Crippen LogP contribution < -0.4 is 9.64 Å². The second-order valence-corrected chi connectivity index (χ2v) is 7.45. The van der Waals surface area contributed by atoms with Crippen molar-refractivity contribution in [1.82, 2.24) is 0 Å². The summed E-state index contributed by atoms with van der Waals surface area (Å²) >= 11 is 0.815. The minimum atomic E-state index is -0.482. The molecule has 0 radical (unpaired) electrons. The van der Waals surface area contributed by atoms with Gasteiger partial charge in [-0.15, -0.1) is 0 Å². The largest absolute Gasteiger partial charge is 0.494 e. The molecule has 1 aliphatic heterocycles. The molecule has 1 fully saturated rings. The molecule has 0 aliphatic carbocycles. The summed E-state index contributed by atoms with van der Waals surface area (Å²) in [6, 6.07) is 16.0. The lowest BCUT2D eigenvalue weighted by atomic mass is 10.1. The zero-order chi connectivity index (χ0) is 22.0. The number of hydrogen-bond acceptors (Lipinski definition) is 7. The molecule has 9 heteroatoms. The molecule has 4 rings (SSSR count). The number of nitrogens with zero attached hydrogens (tertiary/aromatic N) is 2.